The number of anilines is 1. The summed E-state index contributed by atoms with van der Waals surface area (Å²) >= 11 is 7.66. The second-order valence-corrected chi connectivity index (χ2v) is 5.75. The van der Waals surface area contributed by atoms with Crippen molar-refractivity contribution in [1.29, 1.82) is 0 Å². The van der Waals surface area contributed by atoms with E-state index in [-0.39, 0.29) is 17.7 Å². The van der Waals surface area contributed by atoms with E-state index in [9.17, 15) is 18.0 Å². The maximum Gasteiger partial charge on any atom is 0.416 e. The van der Waals surface area contributed by atoms with E-state index >= 15 is 0 Å². The quantitative estimate of drug-likeness (QED) is 0.530. The largest absolute Gasteiger partial charge is 0.416 e. The SMILES string of the molecule is O=C1CC(Cl)CN1c1ccc(C(F)(F)F)cc1I. The Bertz CT molecular complexity index is 492. The maximum atomic E-state index is 12.5. The summed E-state index contributed by atoms with van der Waals surface area (Å²) in [6, 6.07) is 3.33. The lowest BCUT2D eigenvalue weighted by Gasteiger charge is -2.18. The van der Waals surface area contributed by atoms with Crippen LogP contribution in [0.2, 0.25) is 0 Å². The number of hydrogen-bond acceptors (Lipinski definition) is 1. The third-order valence-corrected chi connectivity index (χ3v) is 3.80. The van der Waals surface area contributed by atoms with Gasteiger partial charge in [0.2, 0.25) is 5.91 Å². The summed E-state index contributed by atoms with van der Waals surface area (Å²) in [4.78, 5) is 13.1. The Labute approximate surface area is 120 Å². The van der Waals surface area contributed by atoms with Gasteiger partial charge in [-0.25, -0.2) is 0 Å². The van der Waals surface area contributed by atoms with Crippen molar-refractivity contribution in [3.8, 4) is 0 Å². The number of carbonyl (C=O) groups is 1. The van der Waals surface area contributed by atoms with Crippen LogP contribution in [-0.4, -0.2) is 17.8 Å². The van der Waals surface area contributed by atoms with Gasteiger partial charge < -0.3 is 4.90 Å². The molecule has 0 aromatic heterocycles. The van der Waals surface area contributed by atoms with Gasteiger partial charge in [0.05, 0.1) is 16.6 Å². The molecule has 18 heavy (non-hydrogen) atoms. The Kier molecular flexibility index (Phi) is 3.77. The van der Waals surface area contributed by atoms with Gasteiger partial charge in [0.15, 0.2) is 0 Å². The molecule has 1 aromatic carbocycles. The number of rotatable bonds is 1. The molecule has 0 spiro atoms. The van der Waals surface area contributed by atoms with Crippen molar-refractivity contribution in [2.75, 3.05) is 11.4 Å². The van der Waals surface area contributed by atoms with Gasteiger partial charge in [-0.3, -0.25) is 4.79 Å². The summed E-state index contributed by atoms with van der Waals surface area (Å²) in [5.41, 5.74) is -0.235. The Balaban J connectivity index is 2.34. The fraction of sp³-hybridized carbons (Fsp3) is 0.364. The molecule has 2 rings (SSSR count). The van der Waals surface area contributed by atoms with Crippen LogP contribution in [0.25, 0.3) is 0 Å². The highest BCUT2D eigenvalue weighted by molar-refractivity contribution is 14.1. The first-order valence-electron chi connectivity index (χ1n) is 5.10. The van der Waals surface area contributed by atoms with Crippen LogP contribution in [-0.2, 0) is 11.0 Å². The Morgan fingerprint density at radius 3 is 2.50 bits per heavy atom. The van der Waals surface area contributed by atoms with Crippen LogP contribution in [0.1, 0.15) is 12.0 Å². The zero-order valence-electron chi connectivity index (χ0n) is 8.97. The predicted molar refractivity (Wildman–Crippen MR) is 70.8 cm³/mol. The van der Waals surface area contributed by atoms with Gasteiger partial charge in [0.1, 0.15) is 0 Å². The number of carbonyl (C=O) groups excluding carboxylic acids is 1. The summed E-state index contributed by atoms with van der Waals surface area (Å²) in [7, 11) is 0. The summed E-state index contributed by atoms with van der Waals surface area (Å²) in [6.45, 7) is 0.335. The van der Waals surface area contributed by atoms with Gasteiger partial charge in [-0.1, -0.05) is 0 Å². The van der Waals surface area contributed by atoms with Crippen molar-refractivity contribution >= 4 is 45.8 Å². The highest BCUT2D eigenvalue weighted by atomic mass is 127. The zero-order chi connectivity index (χ0) is 13.5. The van der Waals surface area contributed by atoms with Crippen molar-refractivity contribution in [2.45, 2.75) is 18.0 Å². The smallest absolute Gasteiger partial charge is 0.310 e. The van der Waals surface area contributed by atoms with Crippen LogP contribution in [0.4, 0.5) is 18.9 Å². The summed E-state index contributed by atoms with van der Waals surface area (Å²) in [5.74, 6) is -0.160. The average molecular weight is 390 g/mol. The zero-order valence-corrected chi connectivity index (χ0v) is 11.9. The standard InChI is InChI=1S/C11H8ClF3INO/c12-7-4-10(18)17(5-7)9-2-1-6(3-8(9)16)11(13,14)15/h1-3,7H,4-5H2. The second kappa shape index (κ2) is 4.88. The molecule has 98 valence electrons. The highest BCUT2D eigenvalue weighted by Crippen LogP contribution is 2.35. The van der Waals surface area contributed by atoms with Crippen molar-refractivity contribution in [1.82, 2.24) is 0 Å². The van der Waals surface area contributed by atoms with Crippen molar-refractivity contribution in [3.05, 3.63) is 27.3 Å². The number of benzene rings is 1. The molecule has 1 fully saturated rings. The molecule has 2 nitrogen and oxygen atoms in total. The summed E-state index contributed by atoms with van der Waals surface area (Å²) in [6.07, 6.45) is -4.15. The number of nitrogens with zero attached hydrogens (tertiary/aromatic N) is 1. The van der Waals surface area contributed by atoms with E-state index in [0.717, 1.165) is 12.1 Å². The Morgan fingerprint density at radius 2 is 2.06 bits per heavy atom. The van der Waals surface area contributed by atoms with Gasteiger partial charge in [-0.15, -0.1) is 11.6 Å². The minimum atomic E-state index is -4.37. The monoisotopic (exact) mass is 389 g/mol. The topological polar surface area (TPSA) is 20.3 Å². The molecule has 1 aromatic rings. The summed E-state index contributed by atoms with van der Waals surface area (Å²) in [5, 5.41) is -0.282. The lowest BCUT2D eigenvalue weighted by atomic mass is 10.2. The number of halogens is 5. The van der Waals surface area contributed by atoms with Crippen LogP contribution in [0.5, 0.6) is 0 Å². The molecular weight excluding hydrogens is 381 g/mol. The molecule has 1 aliphatic heterocycles. The molecule has 1 amide bonds. The second-order valence-electron chi connectivity index (χ2n) is 3.97. The van der Waals surface area contributed by atoms with Crippen LogP contribution < -0.4 is 4.90 Å². The third kappa shape index (κ3) is 2.74. The normalized spacial score (nSPS) is 20.6. The molecule has 0 N–H and O–H groups in total. The van der Waals surface area contributed by atoms with Crippen molar-refractivity contribution in [3.63, 3.8) is 0 Å². The summed E-state index contributed by atoms with van der Waals surface area (Å²) < 4.78 is 37.9. The minimum Gasteiger partial charge on any atom is -0.310 e. The van der Waals surface area contributed by atoms with Crippen molar-refractivity contribution in [2.24, 2.45) is 0 Å². The third-order valence-electron chi connectivity index (χ3n) is 2.64. The van der Waals surface area contributed by atoms with Gasteiger partial charge in [0, 0.05) is 16.5 Å². The van der Waals surface area contributed by atoms with E-state index < -0.39 is 11.7 Å². The van der Waals surface area contributed by atoms with Crippen molar-refractivity contribution < 1.29 is 18.0 Å². The number of hydrogen-bond donors (Lipinski definition) is 0. The van der Waals surface area contributed by atoms with E-state index in [1.165, 1.54) is 11.0 Å². The lowest BCUT2D eigenvalue weighted by Crippen LogP contribution is -2.25. The highest BCUT2D eigenvalue weighted by Gasteiger charge is 2.33. The Hall–Kier alpha value is -0.500. The van der Waals surface area contributed by atoms with Crippen LogP contribution in [0, 0.1) is 3.57 Å². The molecular formula is C11H8ClF3INO. The van der Waals surface area contributed by atoms with E-state index in [1.54, 1.807) is 22.6 Å². The molecule has 0 radical (unpaired) electrons. The van der Waals surface area contributed by atoms with Crippen LogP contribution >= 0.6 is 34.2 Å². The van der Waals surface area contributed by atoms with Gasteiger partial charge >= 0.3 is 6.18 Å². The van der Waals surface area contributed by atoms with Gasteiger partial charge in [0.25, 0.3) is 0 Å². The number of amides is 1. The molecule has 1 heterocycles. The molecule has 0 saturated carbocycles. The predicted octanol–water partition coefficient (Wildman–Crippen LogP) is 3.65. The van der Waals surface area contributed by atoms with Gasteiger partial charge in [-0.05, 0) is 40.8 Å². The fourth-order valence-corrected chi connectivity index (χ4v) is 2.88. The van der Waals surface area contributed by atoms with E-state index in [1.807, 2.05) is 0 Å². The molecule has 1 unspecified atom stereocenters. The lowest BCUT2D eigenvalue weighted by molar-refractivity contribution is -0.137. The maximum absolute atomic E-state index is 12.5. The first-order valence-corrected chi connectivity index (χ1v) is 6.61. The van der Waals surface area contributed by atoms with Crippen LogP contribution in [0.3, 0.4) is 0 Å². The molecule has 0 aliphatic carbocycles. The first kappa shape index (κ1) is 13.9. The van der Waals surface area contributed by atoms with E-state index in [4.69, 9.17) is 11.6 Å². The molecule has 0 bridgehead atoms. The molecule has 1 atom stereocenters. The van der Waals surface area contributed by atoms with Crippen LogP contribution in [0.15, 0.2) is 18.2 Å². The Morgan fingerprint density at radius 1 is 1.39 bits per heavy atom. The average Bonchev–Trinajstić information content (AvgIpc) is 2.56. The number of alkyl halides is 4. The first-order chi connectivity index (χ1) is 8.29. The molecule has 7 heteroatoms. The minimum absolute atomic E-state index is 0.160. The molecule has 1 saturated heterocycles. The van der Waals surface area contributed by atoms with E-state index in [0.29, 0.717) is 15.8 Å². The van der Waals surface area contributed by atoms with E-state index in [2.05, 4.69) is 0 Å². The van der Waals surface area contributed by atoms with Gasteiger partial charge in [-0.2, -0.15) is 13.2 Å². The fourth-order valence-electron chi connectivity index (χ4n) is 1.80. The molecule has 1 aliphatic rings.